The molecule has 1 spiro atoms. The lowest BCUT2D eigenvalue weighted by atomic mass is 9.36. The Bertz CT molecular complexity index is 3870. The van der Waals surface area contributed by atoms with E-state index in [0.29, 0.717) is 17.8 Å². The molecule has 0 saturated carbocycles. The van der Waals surface area contributed by atoms with Crippen LogP contribution in [0.5, 0.6) is 0 Å². The maximum absolute atomic E-state index is 2.68. The number of anilines is 6. The second-order valence-electron chi connectivity index (χ2n) is 22.3. The molecule has 10 aromatic rings. The van der Waals surface area contributed by atoms with Crippen molar-refractivity contribution in [3.63, 3.8) is 0 Å². The summed E-state index contributed by atoms with van der Waals surface area (Å²) in [7, 11) is 0. The fourth-order valence-electron chi connectivity index (χ4n) is 13.3. The molecule has 2 nitrogen and oxygen atoms in total. The second-order valence-corrected chi connectivity index (χ2v) is 23.4. The monoisotopic (exact) mass is 970 g/mol. The van der Waals surface area contributed by atoms with Crippen molar-refractivity contribution in [2.24, 2.45) is 0 Å². The van der Waals surface area contributed by atoms with Crippen molar-refractivity contribution in [2.45, 2.75) is 78.6 Å². The van der Waals surface area contributed by atoms with Gasteiger partial charge in [0, 0.05) is 43.7 Å². The summed E-state index contributed by atoms with van der Waals surface area (Å²) in [5.74, 6) is 1.24. The quantitative estimate of drug-likeness (QED) is 0.147. The highest BCUT2D eigenvalue weighted by molar-refractivity contribution is 7.30. The summed E-state index contributed by atoms with van der Waals surface area (Å²) in [5, 5.41) is 0. The summed E-state index contributed by atoms with van der Waals surface area (Å²) in [4.78, 5) is 6.71. The van der Waals surface area contributed by atoms with Crippen molar-refractivity contribution in [2.75, 3.05) is 9.80 Å². The Morgan fingerprint density at radius 3 is 1.62 bits per heavy atom. The van der Waals surface area contributed by atoms with Crippen LogP contribution in [-0.2, 0) is 5.41 Å². The zero-order valence-corrected chi connectivity index (χ0v) is 44.4. The molecule has 2 aliphatic carbocycles. The summed E-state index contributed by atoms with van der Waals surface area (Å²) in [6, 6.07) is 75.3. The lowest BCUT2D eigenvalue weighted by molar-refractivity contribution is 0.810. The highest BCUT2D eigenvalue weighted by Crippen LogP contribution is 2.67. The minimum absolute atomic E-state index is 0.0268. The van der Waals surface area contributed by atoms with E-state index in [0.717, 1.165) is 0 Å². The third kappa shape index (κ3) is 6.37. The highest BCUT2D eigenvalue weighted by atomic mass is 32.1. The van der Waals surface area contributed by atoms with Crippen LogP contribution < -0.4 is 25.5 Å². The zero-order valence-electron chi connectivity index (χ0n) is 43.6. The Hall–Kier alpha value is -7.66. The Labute approximate surface area is 441 Å². The Morgan fingerprint density at radius 2 is 0.986 bits per heavy atom. The van der Waals surface area contributed by atoms with Gasteiger partial charge in [-0.2, -0.15) is 0 Å². The predicted molar refractivity (Wildman–Crippen MR) is 317 cm³/mol. The van der Waals surface area contributed by atoms with E-state index < -0.39 is 5.41 Å². The first-order chi connectivity index (χ1) is 36.0. The van der Waals surface area contributed by atoms with E-state index in [2.05, 4.69) is 271 Å². The topological polar surface area (TPSA) is 6.48 Å². The minimum Gasteiger partial charge on any atom is -0.311 e. The number of nitrogens with zero attached hydrogens (tertiary/aromatic N) is 2. The Kier molecular flexibility index (Phi) is 10.1. The van der Waals surface area contributed by atoms with Gasteiger partial charge >= 0.3 is 0 Å². The van der Waals surface area contributed by atoms with E-state index >= 15 is 0 Å². The van der Waals surface area contributed by atoms with Gasteiger partial charge in [0.2, 0.25) is 0 Å². The van der Waals surface area contributed by atoms with Gasteiger partial charge < -0.3 is 9.80 Å². The highest BCUT2D eigenvalue weighted by Gasteiger charge is 2.57. The molecule has 0 radical (unpaired) electrons. The molecule has 14 rings (SSSR count). The van der Waals surface area contributed by atoms with E-state index in [9.17, 15) is 0 Å². The van der Waals surface area contributed by atoms with Crippen LogP contribution in [0.1, 0.15) is 109 Å². The summed E-state index contributed by atoms with van der Waals surface area (Å²) in [6.07, 6.45) is 0. The number of fused-ring (bicyclic) bond motifs is 15. The van der Waals surface area contributed by atoms with E-state index in [1.807, 2.05) is 0 Å². The van der Waals surface area contributed by atoms with Crippen molar-refractivity contribution in [3.8, 4) is 44.5 Å². The number of benzene rings is 9. The predicted octanol–water partition coefficient (Wildman–Crippen LogP) is 17.5. The first-order valence-electron chi connectivity index (χ1n) is 26.8. The van der Waals surface area contributed by atoms with Gasteiger partial charge in [-0.1, -0.05) is 199 Å². The van der Waals surface area contributed by atoms with Crippen LogP contribution in [0.2, 0.25) is 0 Å². The van der Waals surface area contributed by atoms with Crippen LogP contribution in [0.4, 0.5) is 34.1 Å². The standard InChI is InChI=1S/C70H59BN2S/c1-41(2)46-23-29-51(30-24-46)72-62-40-50(57-39-49(43(5)6)27-34-53(57)48-16-10-9-11-17-48)28-35-61(62)71-66-63(72)37-45(8)38-64(66)73(52-31-25-47(26-32-52)42(3)4)67-65-56-33-22-44(7)36-60(56)70(68(65)74-69(67)71)58-20-14-12-18-54(58)55-19-13-15-21-59(55)70/h9-43H,1-8H3. The van der Waals surface area contributed by atoms with Gasteiger partial charge in [-0.15, -0.1) is 11.3 Å². The van der Waals surface area contributed by atoms with E-state index in [1.165, 1.54) is 144 Å². The first kappa shape index (κ1) is 45.0. The molecule has 3 heterocycles. The third-order valence-electron chi connectivity index (χ3n) is 16.9. The molecule has 9 aromatic carbocycles. The SMILES string of the molecule is Cc1cc2c3c(c1)N(c1ccc(C(C)C)cc1)c1c(sc4c1-c1ccc(C)cc1C41c4ccccc4-c4ccccc41)B3c1ccc(-c3cc(C(C)C)ccc3-c3ccccc3)cc1N2c1ccc(C(C)C)cc1. The van der Waals surface area contributed by atoms with Crippen LogP contribution in [0.25, 0.3) is 44.5 Å². The number of rotatable bonds is 7. The van der Waals surface area contributed by atoms with Gasteiger partial charge in [-0.25, -0.2) is 0 Å². The molecule has 0 unspecified atom stereocenters. The lowest BCUT2D eigenvalue weighted by Gasteiger charge is -2.44. The molecule has 0 fully saturated rings. The lowest BCUT2D eigenvalue weighted by Crippen LogP contribution is -2.60. The average Bonchev–Trinajstić information content (AvgIpc) is 4.20. The molecule has 0 saturated heterocycles. The van der Waals surface area contributed by atoms with Crippen molar-refractivity contribution >= 4 is 67.9 Å². The van der Waals surface area contributed by atoms with Crippen molar-refractivity contribution in [3.05, 3.63) is 244 Å². The molecule has 74 heavy (non-hydrogen) atoms. The zero-order chi connectivity index (χ0) is 50.3. The van der Waals surface area contributed by atoms with Crippen LogP contribution in [0.3, 0.4) is 0 Å². The van der Waals surface area contributed by atoms with Crippen LogP contribution >= 0.6 is 11.3 Å². The number of hydrogen-bond donors (Lipinski definition) is 0. The van der Waals surface area contributed by atoms with Crippen molar-refractivity contribution < 1.29 is 0 Å². The maximum atomic E-state index is 2.68. The average molecular weight is 971 g/mol. The van der Waals surface area contributed by atoms with E-state index in [1.54, 1.807) is 0 Å². The van der Waals surface area contributed by atoms with Crippen molar-refractivity contribution in [1.29, 1.82) is 0 Å². The molecular weight excluding hydrogens is 912 g/mol. The van der Waals surface area contributed by atoms with Crippen LogP contribution in [-0.4, -0.2) is 6.71 Å². The van der Waals surface area contributed by atoms with Crippen LogP contribution in [0.15, 0.2) is 194 Å². The molecule has 2 aliphatic heterocycles. The van der Waals surface area contributed by atoms with Gasteiger partial charge in [0.25, 0.3) is 6.71 Å². The maximum Gasteiger partial charge on any atom is 0.264 e. The summed E-state index contributed by atoms with van der Waals surface area (Å²) in [5.41, 5.74) is 30.7. The summed E-state index contributed by atoms with van der Waals surface area (Å²) in [6.45, 7) is 18.3. The van der Waals surface area contributed by atoms with E-state index in [4.69, 9.17) is 0 Å². The fourth-order valence-corrected chi connectivity index (χ4v) is 15.0. The van der Waals surface area contributed by atoms with Crippen molar-refractivity contribution in [1.82, 2.24) is 0 Å². The largest absolute Gasteiger partial charge is 0.311 e. The number of aryl methyl sites for hydroxylation is 2. The smallest absolute Gasteiger partial charge is 0.264 e. The van der Waals surface area contributed by atoms with Gasteiger partial charge in [0.1, 0.15) is 0 Å². The molecule has 0 N–H and O–H groups in total. The Balaban J connectivity index is 1.10. The van der Waals surface area contributed by atoms with Gasteiger partial charge in [0.05, 0.1) is 11.1 Å². The van der Waals surface area contributed by atoms with Crippen LogP contribution in [0, 0.1) is 13.8 Å². The number of hydrogen-bond acceptors (Lipinski definition) is 3. The molecule has 4 aliphatic rings. The molecule has 0 bridgehead atoms. The number of thiophene rings is 1. The normalized spacial score (nSPS) is 14.1. The first-order valence-corrected chi connectivity index (χ1v) is 27.6. The molecular formula is C70H59BN2S. The molecule has 1 aromatic heterocycles. The summed E-state index contributed by atoms with van der Waals surface area (Å²) >= 11 is 2.07. The summed E-state index contributed by atoms with van der Waals surface area (Å²) < 4.78 is 1.41. The van der Waals surface area contributed by atoms with E-state index in [-0.39, 0.29) is 6.71 Å². The minimum atomic E-state index is -0.467. The second kappa shape index (κ2) is 16.7. The van der Waals surface area contributed by atoms with Gasteiger partial charge in [-0.05, 0) is 163 Å². The molecule has 0 amide bonds. The fraction of sp³-hybridized carbons (Fsp3) is 0.171. The van der Waals surface area contributed by atoms with Gasteiger partial charge in [0.15, 0.2) is 0 Å². The molecule has 4 heteroatoms. The Morgan fingerprint density at radius 1 is 0.419 bits per heavy atom. The van der Waals surface area contributed by atoms with Gasteiger partial charge in [-0.3, -0.25) is 0 Å². The third-order valence-corrected chi connectivity index (χ3v) is 18.3. The molecule has 0 atom stereocenters. The molecule has 358 valence electrons.